The average molecular weight is 348 g/mol. The molecule has 0 bridgehead atoms. The molecule has 1 aliphatic rings. The second-order valence-electron chi connectivity index (χ2n) is 4.70. The van der Waals surface area contributed by atoms with Crippen LogP contribution >= 0.6 is 0 Å². The van der Waals surface area contributed by atoms with Gasteiger partial charge in [-0.25, -0.2) is 4.79 Å². The number of hydrogen-bond acceptors (Lipinski definition) is 5. The molecular formula is C11H21N2NaO7S. The summed E-state index contributed by atoms with van der Waals surface area (Å²) in [6, 6.07) is -0.720. The van der Waals surface area contributed by atoms with Crippen LogP contribution < -0.4 is 40.2 Å². The van der Waals surface area contributed by atoms with Crippen molar-refractivity contribution in [1.82, 2.24) is 10.6 Å². The van der Waals surface area contributed by atoms with Crippen LogP contribution in [0.3, 0.4) is 0 Å². The van der Waals surface area contributed by atoms with Gasteiger partial charge in [0.05, 0.1) is 0 Å². The summed E-state index contributed by atoms with van der Waals surface area (Å²) < 4.78 is 31.6. The van der Waals surface area contributed by atoms with Crippen LogP contribution in [0.25, 0.3) is 0 Å². The van der Waals surface area contributed by atoms with Crippen LogP contribution in [0.5, 0.6) is 0 Å². The predicted molar refractivity (Wildman–Crippen MR) is 73.8 cm³/mol. The Hall–Kier alpha value is -0.520. The molecule has 1 rings (SSSR count). The number of rotatable bonds is 4. The van der Waals surface area contributed by atoms with Crippen LogP contribution in [0.15, 0.2) is 0 Å². The van der Waals surface area contributed by atoms with E-state index in [1.165, 1.54) is 0 Å². The molecule has 1 heterocycles. The number of amides is 4. The Morgan fingerprint density at radius 1 is 1.14 bits per heavy atom. The minimum Gasteiger partial charge on any atom is -1.00 e. The van der Waals surface area contributed by atoms with Gasteiger partial charge >= 0.3 is 46.0 Å². The van der Waals surface area contributed by atoms with Gasteiger partial charge in [-0.3, -0.25) is 29.3 Å². The van der Waals surface area contributed by atoms with Crippen molar-refractivity contribution < 1.29 is 62.9 Å². The van der Waals surface area contributed by atoms with E-state index >= 15 is 0 Å². The quantitative estimate of drug-likeness (QED) is 0.252. The topological polar surface area (TPSA) is 150 Å². The van der Waals surface area contributed by atoms with Crippen molar-refractivity contribution in [2.24, 2.45) is 11.3 Å². The largest absolute Gasteiger partial charge is 1.00 e. The van der Waals surface area contributed by atoms with Gasteiger partial charge in [0.2, 0.25) is 11.8 Å². The van der Waals surface area contributed by atoms with Gasteiger partial charge in [-0.2, -0.15) is 8.42 Å². The zero-order valence-corrected chi connectivity index (χ0v) is 15.9. The first-order valence-corrected chi connectivity index (χ1v) is 7.75. The summed E-state index contributed by atoms with van der Waals surface area (Å²) in [5, 5.41) is 4.36. The zero-order valence-electron chi connectivity index (χ0n) is 14.0. The van der Waals surface area contributed by atoms with Crippen molar-refractivity contribution in [2.45, 2.75) is 40.0 Å². The Morgan fingerprint density at radius 3 is 1.77 bits per heavy atom. The molecule has 1 unspecified atom stereocenters. The second-order valence-corrected chi connectivity index (χ2v) is 5.60. The van der Waals surface area contributed by atoms with E-state index in [1.54, 1.807) is 6.92 Å². The van der Waals surface area contributed by atoms with Gasteiger partial charge in [-0.1, -0.05) is 27.2 Å². The summed E-state index contributed by atoms with van der Waals surface area (Å²) in [5.41, 5.74) is -1.09. The normalized spacial score (nSPS) is 18.1. The Labute approximate surface area is 153 Å². The average Bonchev–Trinajstić information content (AvgIpc) is 2.26. The van der Waals surface area contributed by atoms with E-state index in [9.17, 15) is 14.4 Å². The number of carbonyl (C=O) groups excluding carboxylic acids is 3. The first-order chi connectivity index (χ1) is 9.48. The first kappa shape index (κ1) is 23.7. The molecule has 124 valence electrons. The first-order valence-electron chi connectivity index (χ1n) is 6.35. The van der Waals surface area contributed by atoms with Crippen LogP contribution in [0.4, 0.5) is 4.79 Å². The number of carbonyl (C=O) groups is 3. The summed E-state index contributed by atoms with van der Waals surface area (Å²) in [7, 11) is -4.67. The molecule has 0 radical (unpaired) electrons. The molecule has 0 aromatic rings. The molecule has 9 nitrogen and oxygen atoms in total. The third kappa shape index (κ3) is 6.71. The van der Waals surface area contributed by atoms with Gasteiger partial charge in [0.15, 0.2) is 0 Å². The van der Waals surface area contributed by atoms with Gasteiger partial charge in [-0.15, -0.1) is 0 Å². The Balaban J connectivity index is -0.000000502. The van der Waals surface area contributed by atoms with Gasteiger partial charge in [0.1, 0.15) is 5.41 Å². The Bertz CT molecular complexity index is 498. The minimum absolute atomic E-state index is 0. The van der Waals surface area contributed by atoms with E-state index in [0.29, 0.717) is 6.42 Å². The van der Waals surface area contributed by atoms with Crippen molar-refractivity contribution in [3.8, 4) is 0 Å². The van der Waals surface area contributed by atoms with Crippen molar-refractivity contribution >= 4 is 28.2 Å². The maximum Gasteiger partial charge on any atom is 1.00 e. The standard InChI is InChI=1S/C11H18N2O3.Na.H2O4S.H/c1-4-6-7(3)11(5-2)8(14)12-10(16)13-9(11)15;;1-5(2,3)4;/h7H,4-6H2,1-3H3,(H2,12,13,14,15,16);;(H2,1,2,3,4);/q;+1;;-1. The van der Waals surface area contributed by atoms with Crippen molar-refractivity contribution in [2.75, 3.05) is 0 Å². The smallest absolute Gasteiger partial charge is 1.00 e. The van der Waals surface area contributed by atoms with Crippen LogP contribution in [-0.4, -0.2) is 35.4 Å². The maximum atomic E-state index is 11.9. The number of barbiturate groups is 1. The SMILES string of the molecule is CCCC(C)C1(CC)C(=O)NC(=O)NC1=O.O=S(=O)(O)O.[H-].[Na+]. The molecule has 0 aliphatic carbocycles. The monoisotopic (exact) mass is 348 g/mol. The van der Waals surface area contributed by atoms with E-state index in [4.69, 9.17) is 17.5 Å². The van der Waals surface area contributed by atoms with Crippen LogP contribution in [0.2, 0.25) is 0 Å². The van der Waals surface area contributed by atoms with Gasteiger partial charge in [0.25, 0.3) is 0 Å². The van der Waals surface area contributed by atoms with E-state index in [-0.39, 0.29) is 36.9 Å². The molecule has 4 amide bonds. The van der Waals surface area contributed by atoms with Crippen molar-refractivity contribution in [3.63, 3.8) is 0 Å². The fraction of sp³-hybridized carbons (Fsp3) is 0.727. The molecule has 0 spiro atoms. The number of imide groups is 2. The van der Waals surface area contributed by atoms with E-state index in [0.717, 1.165) is 12.8 Å². The van der Waals surface area contributed by atoms with E-state index in [1.807, 2.05) is 13.8 Å². The van der Waals surface area contributed by atoms with Gasteiger partial charge in [-0.05, 0) is 18.8 Å². The minimum atomic E-state index is -4.67. The molecule has 1 saturated heterocycles. The molecular weight excluding hydrogens is 327 g/mol. The number of nitrogens with one attached hydrogen (secondary N) is 2. The summed E-state index contributed by atoms with van der Waals surface area (Å²) >= 11 is 0. The molecule has 1 atom stereocenters. The molecule has 0 aromatic carbocycles. The summed E-state index contributed by atoms with van der Waals surface area (Å²) in [6.07, 6.45) is 2.08. The van der Waals surface area contributed by atoms with Crippen molar-refractivity contribution in [1.29, 1.82) is 0 Å². The van der Waals surface area contributed by atoms with E-state index < -0.39 is 33.7 Å². The van der Waals surface area contributed by atoms with Crippen LogP contribution in [0.1, 0.15) is 41.5 Å². The molecule has 4 N–H and O–H groups in total. The van der Waals surface area contributed by atoms with Gasteiger partial charge in [0, 0.05) is 0 Å². The zero-order chi connectivity index (χ0) is 16.8. The summed E-state index contributed by atoms with van der Waals surface area (Å²) in [5.74, 6) is -1.01. The number of urea groups is 1. The second kappa shape index (κ2) is 9.58. The maximum absolute atomic E-state index is 11.9. The Morgan fingerprint density at radius 2 is 1.50 bits per heavy atom. The third-order valence-corrected chi connectivity index (χ3v) is 3.39. The molecule has 0 aromatic heterocycles. The molecule has 11 heteroatoms. The van der Waals surface area contributed by atoms with Gasteiger partial charge < -0.3 is 1.43 Å². The number of hydrogen-bond donors (Lipinski definition) is 4. The molecule has 1 fully saturated rings. The predicted octanol–water partition coefficient (Wildman–Crippen LogP) is -2.35. The van der Waals surface area contributed by atoms with E-state index in [2.05, 4.69) is 10.6 Å². The summed E-state index contributed by atoms with van der Waals surface area (Å²) in [6.45, 7) is 5.67. The van der Waals surface area contributed by atoms with Crippen LogP contribution in [-0.2, 0) is 20.0 Å². The third-order valence-electron chi connectivity index (χ3n) is 3.39. The Kier molecular flexibility index (Phi) is 10.3. The van der Waals surface area contributed by atoms with Crippen LogP contribution in [0, 0.1) is 11.3 Å². The molecule has 0 saturated carbocycles. The fourth-order valence-electron chi connectivity index (χ4n) is 2.36. The summed E-state index contributed by atoms with van der Waals surface area (Å²) in [4.78, 5) is 34.8. The molecule has 1 aliphatic heterocycles. The van der Waals surface area contributed by atoms with Crippen molar-refractivity contribution in [3.05, 3.63) is 0 Å². The fourth-order valence-corrected chi connectivity index (χ4v) is 2.36. The molecule has 22 heavy (non-hydrogen) atoms.